The molecule has 0 aliphatic rings. The summed E-state index contributed by atoms with van der Waals surface area (Å²) in [5.41, 5.74) is 1.71. The van der Waals surface area contributed by atoms with Gasteiger partial charge >= 0.3 is 0 Å². The van der Waals surface area contributed by atoms with Gasteiger partial charge in [-0.1, -0.05) is 24.3 Å². The Bertz CT molecular complexity index is 1210. The molecule has 0 fully saturated rings. The zero-order valence-electron chi connectivity index (χ0n) is 14.7. The van der Waals surface area contributed by atoms with Crippen molar-refractivity contribution in [1.29, 1.82) is 0 Å². The molecule has 0 heterocycles. The lowest BCUT2D eigenvalue weighted by atomic mass is 10.1. The van der Waals surface area contributed by atoms with Crippen LogP contribution in [0.25, 0.3) is 0 Å². The Kier molecular flexibility index (Phi) is 4.84. The first-order valence-corrected chi connectivity index (χ1v) is 11.1. The summed E-state index contributed by atoms with van der Waals surface area (Å²) in [6.07, 6.45) is 0. The van der Waals surface area contributed by atoms with Gasteiger partial charge in [-0.3, -0.25) is 0 Å². The van der Waals surface area contributed by atoms with Gasteiger partial charge < -0.3 is 5.11 Å². The van der Waals surface area contributed by atoms with Crippen molar-refractivity contribution in [2.24, 2.45) is 0 Å². The third-order valence-electron chi connectivity index (χ3n) is 4.37. The standard InChI is InChI=1S/C20H18O5S2/c1-14-8-9-17(12-15(14)2)27(24,25)20-13-18(10-11-19(20)21)26(22,23)16-6-4-3-5-7-16/h3-13,21H,1-2H3. The molecule has 0 aliphatic heterocycles. The predicted molar refractivity (Wildman–Crippen MR) is 101 cm³/mol. The van der Waals surface area contributed by atoms with Gasteiger partial charge in [0.15, 0.2) is 0 Å². The second-order valence-electron chi connectivity index (χ2n) is 6.20. The Morgan fingerprint density at radius 2 is 1.22 bits per heavy atom. The number of aromatic hydroxyl groups is 1. The number of phenolic OH excluding ortho intramolecular Hbond substituents is 1. The fourth-order valence-electron chi connectivity index (χ4n) is 2.62. The van der Waals surface area contributed by atoms with Gasteiger partial charge in [-0.25, -0.2) is 16.8 Å². The van der Waals surface area contributed by atoms with E-state index in [9.17, 15) is 21.9 Å². The number of aryl methyl sites for hydroxylation is 2. The molecule has 27 heavy (non-hydrogen) atoms. The Labute approximate surface area is 158 Å². The van der Waals surface area contributed by atoms with Crippen molar-refractivity contribution in [1.82, 2.24) is 0 Å². The second-order valence-corrected chi connectivity index (χ2v) is 10.1. The van der Waals surface area contributed by atoms with Gasteiger partial charge in [0.05, 0.1) is 14.7 Å². The van der Waals surface area contributed by atoms with Crippen LogP contribution in [0, 0.1) is 13.8 Å². The Balaban J connectivity index is 2.18. The molecule has 0 aromatic heterocycles. The maximum absolute atomic E-state index is 13.0. The quantitative estimate of drug-likeness (QED) is 0.719. The van der Waals surface area contributed by atoms with Crippen LogP contribution in [-0.2, 0) is 19.7 Å². The lowest BCUT2D eigenvalue weighted by Crippen LogP contribution is -2.07. The summed E-state index contributed by atoms with van der Waals surface area (Å²) < 4.78 is 51.5. The van der Waals surface area contributed by atoms with Gasteiger partial charge in [-0.05, 0) is 67.4 Å². The Morgan fingerprint density at radius 1 is 0.630 bits per heavy atom. The third kappa shape index (κ3) is 3.48. The summed E-state index contributed by atoms with van der Waals surface area (Å²) in [5.74, 6) is -0.500. The molecule has 5 nitrogen and oxygen atoms in total. The molecule has 0 saturated carbocycles. The topological polar surface area (TPSA) is 88.5 Å². The van der Waals surface area contributed by atoms with Crippen molar-refractivity contribution in [3.8, 4) is 5.75 Å². The van der Waals surface area contributed by atoms with Crippen LogP contribution < -0.4 is 0 Å². The van der Waals surface area contributed by atoms with E-state index in [0.29, 0.717) is 0 Å². The Hall–Kier alpha value is -2.64. The fraction of sp³-hybridized carbons (Fsp3) is 0.100. The number of rotatable bonds is 4. The van der Waals surface area contributed by atoms with Gasteiger partial charge in [0.1, 0.15) is 10.6 Å². The molecule has 0 saturated heterocycles. The van der Waals surface area contributed by atoms with E-state index in [0.717, 1.165) is 23.3 Å². The summed E-state index contributed by atoms with van der Waals surface area (Å²) in [6.45, 7) is 3.64. The van der Waals surface area contributed by atoms with Gasteiger partial charge in [-0.2, -0.15) is 0 Å². The van der Waals surface area contributed by atoms with E-state index in [1.165, 1.54) is 30.3 Å². The molecule has 3 aromatic rings. The molecule has 0 unspecified atom stereocenters. The molecule has 1 N–H and O–H groups in total. The summed E-state index contributed by atoms with van der Waals surface area (Å²) in [4.78, 5) is -0.600. The van der Waals surface area contributed by atoms with E-state index in [4.69, 9.17) is 0 Å². The van der Waals surface area contributed by atoms with Crippen molar-refractivity contribution in [2.45, 2.75) is 33.4 Å². The first-order chi connectivity index (χ1) is 12.6. The van der Waals surface area contributed by atoms with Crippen molar-refractivity contribution in [3.05, 3.63) is 77.9 Å². The SMILES string of the molecule is Cc1ccc(S(=O)(=O)c2cc(S(=O)(=O)c3ccccc3)ccc2O)cc1C. The lowest BCUT2D eigenvalue weighted by Gasteiger charge is -2.11. The molecule has 0 spiro atoms. The van der Waals surface area contributed by atoms with Crippen LogP contribution in [0.15, 0.2) is 86.3 Å². The smallest absolute Gasteiger partial charge is 0.210 e. The maximum Gasteiger partial charge on any atom is 0.210 e. The molecular formula is C20H18O5S2. The highest BCUT2D eigenvalue weighted by atomic mass is 32.2. The van der Waals surface area contributed by atoms with Crippen molar-refractivity contribution in [2.75, 3.05) is 0 Å². The van der Waals surface area contributed by atoms with Crippen molar-refractivity contribution in [3.63, 3.8) is 0 Å². The molecule has 0 atom stereocenters. The zero-order chi connectivity index (χ0) is 19.8. The van der Waals surface area contributed by atoms with E-state index in [2.05, 4.69) is 0 Å². The average molecular weight is 402 g/mol. The monoisotopic (exact) mass is 402 g/mol. The minimum atomic E-state index is -4.09. The molecule has 7 heteroatoms. The lowest BCUT2D eigenvalue weighted by molar-refractivity contribution is 0.458. The largest absolute Gasteiger partial charge is 0.507 e. The minimum Gasteiger partial charge on any atom is -0.507 e. The number of benzene rings is 3. The summed E-state index contributed by atoms with van der Waals surface area (Å²) >= 11 is 0. The predicted octanol–water partition coefficient (Wildman–Crippen LogP) is 3.67. The highest BCUT2D eigenvalue weighted by molar-refractivity contribution is 7.92. The second kappa shape index (κ2) is 6.83. The van der Waals surface area contributed by atoms with Crippen LogP contribution in [0.1, 0.15) is 11.1 Å². The molecule has 0 radical (unpaired) electrons. The summed E-state index contributed by atoms with van der Waals surface area (Å²) in [7, 11) is -8.00. The van der Waals surface area contributed by atoms with Crippen LogP contribution in [0.3, 0.4) is 0 Å². The summed E-state index contributed by atoms with van der Waals surface area (Å²) in [6, 6.07) is 15.6. The number of hydrogen-bond acceptors (Lipinski definition) is 5. The molecule has 3 aromatic carbocycles. The van der Waals surface area contributed by atoms with Crippen LogP contribution in [0.4, 0.5) is 0 Å². The first-order valence-electron chi connectivity index (χ1n) is 8.09. The van der Waals surface area contributed by atoms with Gasteiger partial charge in [0.2, 0.25) is 19.7 Å². The highest BCUT2D eigenvalue weighted by Crippen LogP contribution is 2.33. The molecule has 3 rings (SSSR count). The highest BCUT2D eigenvalue weighted by Gasteiger charge is 2.26. The first kappa shape index (κ1) is 19.1. The summed E-state index contributed by atoms with van der Waals surface area (Å²) in [5, 5.41) is 10.1. The Morgan fingerprint density at radius 3 is 1.85 bits per heavy atom. The number of sulfone groups is 2. The van der Waals surface area contributed by atoms with Crippen LogP contribution in [0.2, 0.25) is 0 Å². The van der Waals surface area contributed by atoms with Crippen molar-refractivity contribution >= 4 is 19.7 Å². The van der Waals surface area contributed by atoms with Crippen LogP contribution >= 0.6 is 0 Å². The van der Waals surface area contributed by atoms with Gasteiger partial charge in [0.25, 0.3) is 0 Å². The van der Waals surface area contributed by atoms with Gasteiger partial charge in [-0.15, -0.1) is 0 Å². The number of phenols is 1. The maximum atomic E-state index is 13.0. The van der Waals surface area contributed by atoms with Crippen LogP contribution in [-0.4, -0.2) is 21.9 Å². The fourth-order valence-corrected chi connectivity index (χ4v) is 5.46. The van der Waals surface area contributed by atoms with E-state index in [1.54, 1.807) is 31.2 Å². The number of hydrogen-bond donors (Lipinski definition) is 1. The molecular weight excluding hydrogens is 384 g/mol. The molecule has 0 amide bonds. The van der Waals surface area contributed by atoms with E-state index in [1.807, 2.05) is 6.92 Å². The van der Waals surface area contributed by atoms with E-state index >= 15 is 0 Å². The van der Waals surface area contributed by atoms with E-state index < -0.39 is 30.3 Å². The molecule has 140 valence electrons. The van der Waals surface area contributed by atoms with Gasteiger partial charge in [0, 0.05) is 0 Å². The van der Waals surface area contributed by atoms with E-state index in [-0.39, 0.29) is 14.7 Å². The van der Waals surface area contributed by atoms with Crippen LogP contribution in [0.5, 0.6) is 5.75 Å². The average Bonchev–Trinajstić information content (AvgIpc) is 2.64. The molecule has 0 aliphatic carbocycles. The normalized spacial score (nSPS) is 12.1. The third-order valence-corrected chi connectivity index (χ3v) is 7.92. The zero-order valence-corrected chi connectivity index (χ0v) is 16.4. The van der Waals surface area contributed by atoms with Crippen molar-refractivity contribution < 1.29 is 21.9 Å². The molecule has 0 bridgehead atoms. The minimum absolute atomic E-state index is 0.00448.